The van der Waals surface area contributed by atoms with Crippen molar-refractivity contribution in [3.8, 4) is 17.1 Å². The molecule has 7 rings (SSSR count). The number of pyridine rings is 1. The highest BCUT2D eigenvalue weighted by molar-refractivity contribution is 5.98. The van der Waals surface area contributed by atoms with Gasteiger partial charge in [-0.05, 0) is 30.7 Å². The third kappa shape index (κ3) is 3.42. The molecule has 2 aliphatic heterocycles. The van der Waals surface area contributed by atoms with Crippen molar-refractivity contribution in [3.63, 3.8) is 0 Å². The molecule has 3 aliphatic rings. The summed E-state index contributed by atoms with van der Waals surface area (Å²) in [7, 11) is 1.71. The Morgan fingerprint density at radius 1 is 1.16 bits per heavy atom. The van der Waals surface area contributed by atoms with Crippen LogP contribution in [0.2, 0.25) is 0 Å². The molecule has 0 radical (unpaired) electrons. The highest BCUT2D eigenvalue weighted by atomic mass is 19.3. The Hall–Kier alpha value is -3.96. The van der Waals surface area contributed by atoms with Crippen molar-refractivity contribution < 1.29 is 28.2 Å². The van der Waals surface area contributed by atoms with E-state index in [1.165, 1.54) is 6.07 Å². The summed E-state index contributed by atoms with van der Waals surface area (Å²) in [5.41, 5.74) is 4.59. The predicted octanol–water partition coefficient (Wildman–Crippen LogP) is 3.73. The molecule has 4 aromatic rings. The summed E-state index contributed by atoms with van der Waals surface area (Å²) in [5.74, 6) is -0.0755. The third-order valence-corrected chi connectivity index (χ3v) is 7.86. The molecule has 1 aliphatic carbocycles. The molecule has 1 N–H and O–H groups in total. The number of aromatic nitrogens is 4. The van der Waals surface area contributed by atoms with Crippen molar-refractivity contribution in [1.82, 2.24) is 24.5 Å². The van der Waals surface area contributed by atoms with Crippen molar-refractivity contribution in [2.75, 3.05) is 20.3 Å². The summed E-state index contributed by atoms with van der Waals surface area (Å²) in [4.78, 5) is 23.9. The second-order valence-corrected chi connectivity index (χ2v) is 9.94. The number of rotatable bonds is 5. The summed E-state index contributed by atoms with van der Waals surface area (Å²) < 4.78 is 38.4. The van der Waals surface area contributed by atoms with Crippen LogP contribution in [-0.4, -0.2) is 62.4 Å². The zero-order valence-corrected chi connectivity index (χ0v) is 20.3. The number of amides is 1. The van der Waals surface area contributed by atoms with E-state index in [0.29, 0.717) is 42.1 Å². The van der Waals surface area contributed by atoms with E-state index in [4.69, 9.17) is 14.6 Å². The number of nitrogens with zero attached hydrogens (tertiary/aromatic N) is 5. The maximum Gasteiger partial charge on any atom is 0.387 e. The Morgan fingerprint density at radius 3 is 2.66 bits per heavy atom. The van der Waals surface area contributed by atoms with E-state index in [1.54, 1.807) is 47.2 Å². The molecule has 3 atom stereocenters. The molecule has 0 unspecified atom stereocenters. The van der Waals surface area contributed by atoms with E-state index in [-0.39, 0.29) is 29.5 Å². The number of hydrogen-bond donors (Lipinski definition) is 1. The Kier molecular flexibility index (Phi) is 5.21. The first-order valence-electron chi connectivity index (χ1n) is 12.4. The Balaban J connectivity index is 1.33. The Bertz CT molecular complexity index is 1570. The molecule has 5 heterocycles. The van der Waals surface area contributed by atoms with Crippen LogP contribution in [0.25, 0.3) is 16.9 Å². The number of alkyl halides is 2. The van der Waals surface area contributed by atoms with E-state index in [2.05, 4.69) is 9.97 Å². The number of carbonyl (C=O) groups excluding carboxylic acids is 1. The summed E-state index contributed by atoms with van der Waals surface area (Å²) in [5, 5.41) is 15.3. The van der Waals surface area contributed by atoms with Crippen LogP contribution in [0.1, 0.15) is 57.2 Å². The average molecular weight is 520 g/mol. The van der Waals surface area contributed by atoms with E-state index in [1.807, 2.05) is 12.1 Å². The van der Waals surface area contributed by atoms with Crippen LogP contribution >= 0.6 is 0 Å². The Morgan fingerprint density at radius 2 is 1.95 bits per heavy atom. The van der Waals surface area contributed by atoms with Crippen LogP contribution < -0.4 is 4.74 Å². The molecule has 2 bridgehead atoms. The van der Waals surface area contributed by atoms with Gasteiger partial charge in [0.25, 0.3) is 5.91 Å². The van der Waals surface area contributed by atoms with Crippen LogP contribution in [0.15, 0.2) is 48.9 Å². The van der Waals surface area contributed by atoms with E-state index < -0.39 is 12.7 Å². The van der Waals surface area contributed by atoms with Crippen molar-refractivity contribution in [2.24, 2.45) is 5.92 Å². The zero-order valence-electron chi connectivity index (χ0n) is 20.3. The summed E-state index contributed by atoms with van der Waals surface area (Å²) >= 11 is 0. The molecule has 1 amide bonds. The number of hydrogen-bond acceptors (Lipinski definition) is 7. The van der Waals surface area contributed by atoms with Crippen LogP contribution in [-0.2, 0) is 4.74 Å². The lowest BCUT2D eigenvalue weighted by atomic mass is 9.88. The maximum atomic E-state index is 13.3. The van der Waals surface area contributed by atoms with Crippen molar-refractivity contribution in [2.45, 2.75) is 31.1 Å². The lowest BCUT2D eigenvalue weighted by molar-refractivity contribution is -0.0925. The SMILES string of the molecule is CN1C(=O)c2cccc(OC(F)F)c2[C@H]2C[C@@H]1c1nn3ccc(-c4ncc([C@@H](O)C5COC5)cn4)cc3c12. The number of benzene rings is 1. The fourth-order valence-corrected chi connectivity index (χ4v) is 5.85. The van der Waals surface area contributed by atoms with Crippen molar-refractivity contribution >= 4 is 11.4 Å². The Labute approximate surface area is 215 Å². The lowest BCUT2D eigenvalue weighted by Gasteiger charge is -2.30. The lowest BCUT2D eigenvalue weighted by Crippen LogP contribution is -2.33. The molecule has 194 valence electrons. The minimum absolute atomic E-state index is 0.00240. The highest BCUT2D eigenvalue weighted by Crippen LogP contribution is 2.53. The number of fused-ring (bicyclic) bond motifs is 9. The third-order valence-electron chi connectivity index (χ3n) is 7.86. The van der Waals surface area contributed by atoms with Crippen molar-refractivity contribution in [3.05, 3.63) is 76.9 Å². The minimum Gasteiger partial charge on any atom is -0.434 e. The first-order valence-corrected chi connectivity index (χ1v) is 12.4. The van der Waals surface area contributed by atoms with E-state index in [0.717, 1.165) is 22.3 Å². The van der Waals surface area contributed by atoms with Gasteiger partial charge in [-0.1, -0.05) is 6.07 Å². The molecule has 1 fully saturated rings. The molecule has 38 heavy (non-hydrogen) atoms. The van der Waals surface area contributed by atoms with Crippen LogP contribution in [0.3, 0.4) is 0 Å². The highest BCUT2D eigenvalue weighted by Gasteiger charge is 2.46. The van der Waals surface area contributed by atoms with Crippen LogP contribution in [0, 0.1) is 5.92 Å². The molecule has 0 saturated carbocycles. The van der Waals surface area contributed by atoms with Gasteiger partial charge in [0.1, 0.15) is 5.75 Å². The van der Waals surface area contributed by atoms with Gasteiger partial charge in [0.05, 0.1) is 36.6 Å². The molecule has 0 spiro atoms. The molecular formula is C27H23F2N5O4. The number of ether oxygens (including phenoxy) is 2. The van der Waals surface area contributed by atoms with Crippen LogP contribution in [0.4, 0.5) is 8.78 Å². The molecule has 9 nitrogen and oxygen atoms in total. The number of aliphatic hydroxyl groups excluding tert-OH is 1. The summed E-state index contributed by atoms with van der Waals surface area (Å²) in [6.45, 7) is -1.98. The molecule has 3 aromatic heterocycles. The minimum atomic E-state index is -3.01. The maximum absolute atomic E-state index is 13.3. The fraction of sp³-hybridized carbons (Fsp3) is 0.333. The standard InChI is InChI=1S/C27H23F2N5O4/c1-33-19-8-17(21-16(26(33)36)3-2-4-20(21)38-27(28)29)22-18-7-13(5-6-34(18)32-23(19)22)25-30-9-14(10-31-25)24(35)15-11-37-12-15/h2-7,9-10,15,17,19,24,27,35H,8,11-12H2,1H3/t17-,19-,24-/m1/s1. The second kappa shape index (κ2) is 8.53. The zero-order chi connectivity index (χ0) is 26.1. The quantitative estimate of drug-likeness (QED) is 0.429. The normalized spacial score (nSPS) is 21.3. The fourth-order valence-electron chi connectivity index (χ4n) is 5.85. The van der Waals surface area contributed by atoms with Gasteiger partial charge in [-0.25, -0.2) is 14.5 Å². The van der Waals surface area contributed by atoms with E-state index in [9.17, 15) is 18.7 Å². The van der Waals surface area contributed by atoms with Crippen molar-refractivity contribution in [1.29, 1.82) is 0 Å². The van der Waals surface area contributed by atoms with Gasteiger partial charge in [0, 0.05) is 65.3 Å². The van der Waals surface area contributed by atoms with Gasteiger partial charge < -0.3 is 19.5 Å². The van der Waals surface area contributed by atoms with Gasteiger partial charge in [0.15, 0.2) is 5.82 Å². The van der Waals surface area contributed by atoms with Gasteiger partial charge in [0.2, 0.25) is 0 Å². The molecule has 1 aromatic carbocycles. The molecule has 1 saturated heterocycles. The average Bonchev–Trinajstić information content (AvgIpc) is 3.40. The van der Waals surface area contributed by atoms with E-state index >= 15 is 0 Å². The summed E-state index contributed by atoms with van der Waals surface area (Å²) in [6, 6.07) is 8.16. The molecule has 11 heteroatoms. The van der Waals surface area contributed by atoms with Gasteiger partial charge in [-0.3, -0.25) is 4.79 Å². The second-order valence-electron chi connectivity index (χ2n) is 9.94. The number of halogens is 2. The largest absolute Gasteiger partial charge is 0.434 e. The topological polar surface area (TPSA) is 102 Å². The monoisotopic (exact) mass is 519 g/mol. The number of carbonyl (C=O) groups is 1. The van der Waals surface area contributed by atoms with Gasteiger partial charge in [-0.15, -0.1) is 0 Å². The molecular weight excluding hydrogens is 496 g/mol. The number of aliphatic hydroxyl groups is 1. The first-order chi connectivity index (χ1) is 18.4. The van der Waals surface area contributed by atoms with Crippen LogP contribution in [0.5, 0.6) is 5.75 Å². The smallest absolute Gasteiger partial charge is 0.387 e. The first kappa shape index (κ1) is 23.2. The summed E-state index contributed by atoms with van der Waals surface area (Å²) in [6.07, 6.45) is 4.89. The van der Waals surface area contributed by atoms with Gasteiger partial charge in [-0.2, -0.15) is 13.9 Å². The predicted molar refractivity (Wildman–Crippen MR) is 130 cm³/mol. The van der Waals surface area contributed by atoms with Gasteiger partial charge >= 0.3 is 6.61 Å².